The van der Waals surface area contributed by atoms with Gasteiger partial charge in [-0.05, 0) is 24.5 Å². The van der Waals surface area contributed by atoms with Crippen LogP contribution in [-0.2, 0) is 17.2 Å². The third-order valence-electron chi connectivity index (χ3n) is 3.29. The van der Waals surface area contributed by atoms with Gasteiger partial charge in [-0.15, -0.1) is 11.6 Å². The van der Waals surface area contributed by atoms with Crippen LogP contribution in [0.1, 0.15) is 26.1 Å². The van der Waals surface area contributed by atoms with Crippen LogP contribution in [0.2, 0.25) is 10.0 Å². The molecule has 0 aliphatic carbocycles. The summed E-state index contributed by atoms with van der Waals surface area (Å²) in [4.78, 5) is 4.49. The van der Waals surface area contributed by atoms with Crippen LogP contribution in [0.4, 0.5) is 0 Å². The molecule has 0 atom stereocenters. The van der Waals surface area contributed by atoms with Gasteiger partial charge in [0, 0.05) is 13.2 Å². The number of imidazole rings is 1. The summed E-state index contributed by atoms with van der Waals surface area (Å²) in [6.45, 7) is 6.47. The fourth-order valence-corrected chi connectivity index (χ4v) is 2.62. The Balaban J connectivity index is 2.12. The lowest BCUT2D eigenvalue weighted by Crippen LogP contribution is -2.10. The number of ether oxygens (including phenoxy) is 1. The van der Waals surface area contributed by atoms with Crippen molar-refractivity contribution in [1.82, 2.24) is 9.55 Å². The smallest absolute Gasteiger partial charge is 0.124 e. The van der Waals surface area contributed by atoms with Crippen molar-refractivity contribution in [2.24, 2.45) is 5.92 Å². The van der Waals surface area contributed by atoms with Gasteiger partial charge in [-0.2, -0.15) is 0 Å². The third kappa shape index (κ3) is 4.26. The molecule has 0 saturated heterocycles. The zero-order valence-corrected chi connectivity index (χ0v) is 14.5. The van der Waals surface area contributed by atoms with E-state index in [4.69, 9.17) is 39.5 Å². The molecule has 2 aromatic rings. The number of hydrogen-bond donors (Lipinski definition) is 0. The van der Waals surface area contributed by atoms with Gasteiger partial charge >= 0.3 is 0 Å². The van der Waals surface area contributed by atoms with Gasteiger partial charge in [-0.25, -0.2) is 4.98 Å². The molecule has 0 unspecified atom stereocenters. The Morgan fingerprint density at radius 3 is 2.57 bits per heavy atom. The van der Waals surface area contributed by atoms with Gasteiger partial charge in [0.1, 0.15) is 5.82 Å². The first-order valence-electron chi connectivity index (χ1n) is 7.00. The normalized spacial score (nSPS) is 11.7. The first kappa shape index (κ1) is 16.9. The number of rotatable bonds is 7. The van der Waals surface area contributed by atoms with Crippen molar-refractivity contribution in [3.05, 3.63) is 28.0 Å². The quantitative estimate of drug-likeness (QED) is 0.511. The van der Waals surface area contributed by atoms with E-state index < -0.39 is 0 Å². The third-order valence-corrected chi connectivity index (χ3v) is 4.25. The molecule has 2 rings (SSSR count). The van der Waals surface area contributed by atoms with Crippen LogP contribution in [0.15, 0.2) is 12.1 Å². The van der Waals surface area contributed by atoms with Crippen molar-refractivity contribution in [1.29, 1.82) is 0 Å². The van der Waals surface area contributed by atoms with Crippen LogP contribution < -0.4 is 0 Å². The minimum Gasteiger partial charge on any atom is -0.380 e. The second-order valence-corrected chi connectivity index (χ2v) is 6.44. The fraction of sp³-hybridized carbons (Fsp3) is 0.533. The molecular weight excluding hydrogens is 331 g/mol. The van der Waals surface area contributed by atoms with Crippen LogP contribution in [0.3, 0.4) is 0 Å². The molecule has 1 heterocycles. The van der Waals surface area contributed by atoms with E-state index in [-0.39, 0.29) is 0 Å². The highest BCUT2D eigenvalue weighted by Crippen LogP contribution is 2.28. The summed E-state index contributed by atoms with van der Waals surface area (Å²) in [5.41, 5.74) is 1.75. The Labute approximate surface area is 140 Å². The fourth-order valence-electron chi connectivity index (χ4n) is 2.10. The van der Waals surface area contributed by atoms with Gasteiger partial charge < -0.3 is 9.30 Å². The zero-order valence-electron chi connectivity index (χ0n) is 12.2. The van der Waals surface area contributed by atoms with Gasteiger partial charge in [-0.3, -0.25) is 0 Å². The van der Waals surface area contributed by atoms with Crippen LogP contribution >= 0.6 is 34.8 Å². The number of nitrogens with zero attached hydrogens (tertiary/aromatic N) is 2. The number of halogens is 3. The standard InChI is InChI=1S/C15H19Cl3N2O/c1-10(2)3-5-21-6-4-20-14-8-12(18)11(17)7-13(14)19-15(20)9-16/h7-8,10H,3-6,9H2,1-2H3. The summed E-state index contributed by atoms with van der Waals surface area (Å²) in [6, 6.07) is 3.60. The Morgan fingerprint density at radius 2 is 1.90 bits per heavy atom. The van der Waals surface area contributed by atoms with Crippen molar-refractivity contribution in [3.63, 3.8) is 0 Å². The van der Waals surface area contributed by atoms with Crippen LogP contribution in [0, 0.1) is 5.92 Å². The Morgan fingerprint density at radius 1 is 1.19 bits per heavy atom. The molecule has 0 aliphatic heterocycles. The summed E-state index contributed by atoms with van der Waals surface area (Å²) in [6.07, 6.45) is 1.06. The predicted molar refractivity (Wildman–Crippen MR) is 89.6 cm³/mol. The van der Waals surface area contributed by atoms with E-state index in [1.807, 2.05) is 10.6 Å². The van der Waals surface area contributed by atoms with Crippen molar-refractivity contribution >= 4 is 45.8 Å². The maximum absolute atomic E-state index is 6.09. The first-order chi connectivity index (χ1) is 10.0. The van der Waals surface area contributed by atoms with Crippen LogP contribution in [0.25, 0.3) is 11.0 Å². The lowest BCUT2D eigenvalue weighted by Gasteiger charge is -2.10. The summed E-state index contributed by atoms with van der Waals surface area (Å²) in [5.74, 6) is 1.80. The molecule has 6 heteroatoms. The minimum atomic E-state index is 0.343. The van der Waals surface area contributed by atoms with E-state index >= 15 is 0 Å². The predicted octanol–water partition coefficient (Wildman–Crippen LogP) is 5.14. The minimum absolute atomic E-state index is 0.343. The lowest BCUT2D eigenvalue weighted by molar-refractivity contribution is 0.116. The van der Waals surface area contributed by atoms with Crippen molar-refractivity contribution < 1.29 is 4.74 Å². The Hall–Kier alpha value is -0.480. The largest absolute Gasteiger partial charge is 0.380 e. The van der Waals surface area contributed by atoms with Gasteiger partial charge in [0.05, 0.1) is 33.6 Å². The first-order valence-corrected chi connectivity index (χ1v) is 8.29. The molecule has 0 N–H and O–H groups in total. The topological polar surface area (TPSA) is 27.1 Å². The number of aromatic nitrogens is 2. The van der Waals surface area contributed by atoms with E-state index in [1.54, 1.807) is 6.07 Å². The molecular formula is C15H19Cl3N2O. The average molecular weight is 350 g/mol. The van der Waals surface area contributed by atoms with Gasteiger partial charge in [0.25, 0.3) is 0 Å². The highest BCUT2D eigenvalue weighted by molar-refractivity contribution is 6.42. The Bertz CT molecular complexity index is 610. The molecule has 0 radical (unpaired) electrons. The molecule has 116 valence electrons. The summed E-state index contributed by atoms with van der Waals surface area (Å²) >= 11 is 18.1. The lowest BCUT2D eigenvalue weighted by atomic mass is 10.1. The number of benzene rings is 1. The maximum atomic E-state index is 6.09. The molecule has 1 aromatic heterocycles. The molecule has 0 amide bonds. The zero-order chi connectivity index (χ0) is 15.4. The number of alkyl halides is 1. The highest BCUT2D eigenvalue weighted by Gasteiger charge is 2.12. The number of fused-ring (bicyclic) bond motifs is 1. The van der Waals surface area contributed by atoms with E-state index in [0.717, 1.165) is 29.9 Å². The molecule has 0 fully saturated rings. The monoisotopic (exact) mass is 348 g/mol. The SMILES string of the molecule is CC(C)CCOCCn1c(CCl)nc2cc(Cl)c(Cl)cc21. The molecule has 0 spiro atoms. The van der Waals surface area contributed by atoms with E-state index in [0.29, 0.717) is 35.0 Å². The maximum Gasteiger partial charge on any atom is 0.124 e. The van der Waals surface area contributed by atoms with E-state index in [9.17, 15) is 0 Å². The van der Waals surface area contributed by atoms with E-state index in [2.05, 4.69) is 18.8 Å². The highest BCUT2D eigenvalue weighted by atomic mass is 35.5. The molecule has 0 bridgehead atoms. The molecule has 3 nitrogen and oxygen atoms in total. The van der Waals surface area contributed by atoms with Crippen molar-refractivity contribution in [2.75, 3.05) is 13.2 Å². The van der Waals surface area contributed by atoms with E-state index in [1.165, 1.54) is 0 Å². The summed E-state index contributed by atoms with van der Waals surface area (Å²) in [7, 11) is 0. The number of hydrogen-bond acceptors (Lipinski definition) is 2. The molecule has 0 saturated carbocycles. The molecule has 1 aromatic carbocycles. The van der Waals surface area contributed by atoms with Gasteiger partial charge in [0.15, 0.2) is 0 Å². The summed E-state index contributed by atoms with van der Waals surface area (Å²) in [5, 5.41) is 1.02. The van der Waals surface area contributed by atoms with Gasteiger partial charge in [0.2, 0.25) is 0 Å². The van der Waals surface area contributed by atoms with Crippen LogP contribution in [0.5, 0.6) is 0 Å². The second-order valence-electron chi connectivity index (χ2n) is 5.36. The van der Waals surface area contributed by atoms with Gasteiger partial charge in [-0.1, -0.05) is 37.0 Å². The van der Waals surface area contributed by atoms with Crippen molar-refractivity contribution in [2.45, 2.75) is 32.7 Å². The second kappa shape index (κ2) is 7.68. The van der Waals surface area contributed by atoms with Crippen molar-refractivity contribution in [3.8, 4) is 0 Å². The Kier molecular flexibility index (Phi) is 6.18. The van der Waals surface area contributed by atoms with Crippen LogP contribution in [-0.4, -0.2) is 22.8 Å². The molecule has 0 aliphatic rings. The average Bonchev–Trinajstić information content (AvgIpc) is 2.76. The molecule has 21 heavy (non-hydrogen) atoms. The summed E-state index contributed by atoms with van der Waals surface area (Å²) < 4.78 is 7.71.